The molecule has 3 aromatic rings. The summed E-state index contributed by atoms with van der Waals surface area (Å²) < 4.78 is 5.18. The van der Waals surface area contributed by atoms with E-state index in [-0.39, 0.29) is 5.91 Å². The van der Waals surface area contributed by atoms with E-state index >= 15 is 0 Å². The summed E-state index contributed by atoms with van der Waals surface area (Å²) in [6.45, 7) is 0. The molecule has 1 amide bonds. The van der Waals surface area contributed by atoms with Gasteiger partial charge in [0, 0.05) is 16.3 Å². The highest BCUT2D eigenvalue weighted by molar-refractivity contribution is 6.31. The third-order valence-corrected chi connectivity index (χ3v) is 4.11. The number of nitrogens with one attached hydrogen (secondary N) is 1. The summed E-state index contributed by atoms with van der Waals surface area (Å²) >= 11 is 5.90. The summed E-state index contributed by atoms with van der Waals surface area (Å²) in [5.74, 6) is 0.586. The highest BCUT2D eigenvalue weighted by atomic mass is 35.5. The van der Waals surface area contributed by atoms with E-state index in [0.717, 1.165) is 16.9 Å². The van der Waals surface area contributed by atoms with Gasteiger partial charge in [0.2, 0.25) is 0 Å². The SMILES string of the molecule is COc1ccc(/C=C(\C(=O)Nc2ccc(Cl)cc2)c2ccccc2)cc1. The standard InChI is InChI=1S/C22H18ClNO2/c1-26-20-13-7-16(8-14-20)15-21(17-5-3-2-4-6-17)22(25)24-19-11-9-18(23)10-12-19/h2-15H,1H3,(H,24,25)/b21-15-. The second-order valence-electron chi connectivity index (χ2n) is 5.66. The fraction of sp³-hybridized carbons (Fsp3) is 0.0455. The lowest BCUT2D eigenvalue weighted by atomic mass is 10.0. The molecule has 3 aromatic carbocycles. The quantitative estimate of drug-likeness (QED) is 0.478. The van der Waals surface area contributed by atoms with Crippen molar-refractivity contribution in [2.24, 2.45) is 0 Å². The predicted molar refractivity (Wildman–Crippen MR) is 107 cm³/mol. The fourth-order valence-corrected chi connectivity index (χ4v) is 2.62. The van der Waals surface area contributed by atoms with Gasteiger partial charge in [-0.05, 0) is 53.6 Å². The van der Waals surface area contributed by atoms with E-state index in [2.05, 4.69) is 5.32 Å². The van der Waals surface area contributed by atoms with Gasteiger partial charge in [-0.25, -0.2) is 0 Å². The van der Waals surface area contributed by atoms with Crippen LogP contribution in [0, 0.1) is 0 Å². The molecule has 130 valence electrons. The molecule has 0 unspecified atom stereocenters. The first-order chi connectivity index (χ1) is 12.7. The third kappa shape index (κ3) is 4.52. The number of benzene rings is 3. The summed E-state index contributed by atoms with van der Waals surface area (Å²) in [6, 6.07) is 24.2. The van der Waals surface area contributed by atoms with Crippen molar-refractivity contribution in [3.05, 3.63) is 95.0 Å². The number of amides is 1. The Morgan fingerprint density at radius 1 is 0.923 bits per heavy atom. The molecule has 0 aromatic heterocycles. The van der Waals surface area contributed by atoms with Crippen LogP contribution >= 0.6 is 11.6 Å². The van der Waals surface area contributed by atoms with E-state index in [1.54, 1.807) is 31.4 Å². The number of halogens is 1. The molecular weight excluding hydrogens is 346 g/mol. The number of hydrogen-bond acceptors (Lipinski definition) is 2. The van der Waals surface area contributed by atoms with E-state index in [9.17, 15) is 4.79 Å². The topological polar surface area (TPSA) is 38.3 Å². The molecule has 0 fully saturated rings. The normalized spacial score (nSPS) is 11.1. The molecule has 0 saturated carbocycles. The van der Waals surface area contributed by atoms with Gasteiger partial charge in [-0.2, -0.15) is 0 Å². The van der Waals surface area contributed by atoms with Crippen LogP contribution < -0.4 is 10.1 Å². The lowest BCUT2D eigenvalue weighted by molar-refractivity contribution is -0.111. The zero-order chi connectivity index (χ0) is 18.4. The minimum atomic E-state index is -0.186. The molecule has 0 aliphatic carbocycles. The van der Waals surface area contributed by atoms with Crippen LogP contribution in [0.25, 0.3) is 11.6 Å². The molecule has 3 nitrogen and oxygen atoms in total. The summed E-state index contributed by atoms with van der Waals surface area (Å²) in [7, 11) is 1.62. The van der Waals surface area contributed by atoms with Gasteiger partial charge >= 0.3 is 0 Å². The van der Waals surface area contributed by atoms with Crippen LogP contribution in [0.4, 0.5) is 5.69 Å². The Kier molecular flexibility index (Phi) is 5.72. The second-order valence-corrected chi connectivity index (χ2v) is 6.09. The van der Waals surface area contributed by atoms with E-state index in [1.165, 1.54) is 0 Å². The van der Waals surface area contributed by atoms with Crippen LogP contribution in [-0.2, 0) is 4.79 Å². The number of anilines is 1. The average molecular weight is 364 g/mol. The minimum absolute atomic E-state index is 0.186. The first-order valence-electron chi connectivity index (χ1n) is 8.14. The minimum Gasteiger partial charge on any atom is -0.497 e. The zero-order valence-electron chi connectivity index (χ0n) is 14.3. The first-order valence-corrected chi connectivity index (χ1v) is 8.51. The number of methoxy groups -OCH3 is 1. The molecule has 0 heterocycles. The van der Waals surface area contributed by atoms with Gasteiger partial charge in [0.1, 0.15) is 5.75 Å². The highest BCUT2D eigenvalue weighted by Gasteiger charge is 2.12. The summed E-state index contributed by atoms with van der Waals surface area (Å²) in [5, 5.41) is 3.55. The molecular formula is C22H18ClNO2. The second kappa shape index (κ2) is 8.37. The van der Waals surface area contributed by atoms with Gasteiger partial charge in [-0.1, -0.05) is 54.1 Å². The molecule has 0 radical (unpaired) electrons. The maximum atomic E-state index is 12.9. The number of carbonyl (C=O) groups excluding carboxylic acids is 1. The Morgan fingerprint density at radius 2 is 1.58 bits per heavy atom. The molecule has 4 heteroatoms. The van der Waals surface area contributed by atoms with Crippen molar-refractivity contribution >= 4 is 34.8 Å². The molecule has 26 heavy (non-hydrogen) atoms. The third-order valence-electron chi connectivity index (χ3n) is 3.86. The highest BCUT2D eigenvalue weighted by Crippen LogP contribution is 2.22. The van der Waals surface area contributed by atoms with Gasteiger partial charge in [0.15, 0.2) is 0 Å². The fourth-order valence-electron chi connectivity index (χ4n) is 2.50. The van der Waals surface area contributed by atoms with Crippen LogP contribution in [0.1, 0.15) is 11.1 Å². The van der Waals surface area contributed by atoms with E-state index < -0.39 is 0 Å². The van der Waals surface area contributed by atoms with Gasteiger partial charge in [0.05, 0.1) is 7.11 Å². The van der Waals surface area contributed by atoms with Crippen LogP contribution in [0.15, 0.2) is 78.9 Å². The molecule has 0 spiro atoms. The lowest BCUT2D eigenvalue weighted by Crippen LogP contribution is -2.13. The monoisotopic (exact) mass is 363 g/mol. The van der Waals surface area contributed by atoms with Gasteiger partial charge < -0.3 is 10.1 Å². The van der Waals surface area contributed by atoms with E-state index in [4.69, 9.17) is 16.3 Å². The van der Waals surface area contributed by atoms with Crippen molar-refractivity contribution in [3.8, 4) is 5.75 Å². The number of carbonyl (C=O) groups is 1. The van der Waals surface area contributed by atoms with Crippen molar-refractivity contribution < 1.29 is 9.53 Å². The van der Waals surface area contributed by atoms with Gasteiger partial charge in [-0.15, -0.1) is 0 Å². The molecule has 0 bridgehead atoms. The molecule has 3 rings (SSSR count). The predicted octanol–water partition coefficient (Wildman–Crippen LogP) is 5.53. The summed E-state index contributed by atoms with van der Waals surface area (Å²) in [4.78, 5) is 12.9. The Balaban J connectivity index is 1.93. The maximum Gasteiger partial charge on any atom is 0.256 e. The van der Waals surface area contributed by atoms with Crippen molar-refractivity contribution in [1.82, 2.24) is 0 Å². The lowest BCUT2D eigenvalue weighted by Gasteiger charge is -2.10. The smallest absolute Gasteiger partial charge is 0.256 e. The first kappa shape index (κ1) is 17.8. The Labute approximate surface area is 157 Å². The Hall–Kier alpha value is -3.04. The summed E-state index contributed by atoms with van der Waals surface area (Å²) in [6.07, 6.45) is 1.86. The average Bonchev–Trinajstić information content (AvgIpc) is 2.69. The Bertz CT molecular complexity index is 901. The zero-order valence-corrected chi connectivity index (χ0v) is 15.0. The van der Waals surface area contributed by atoms with Crippen molar-refractivity contribution in [2.75, 3.05) is 12.4 Å². The molecule has 0 aliphatic heterocycles. The Morgan fingerprint density at radius 3 is 2.19 bits per heavy atom. The summed E-state index contributed by atoms with van der Waals surface area (Å²) in [5.41, 5.74) is 3.02. The molecule has 0 saturated heterocycles. The van der Waals surface area contributed by atoms with Crippen molar-refractivity contribution in [3.63, 3.8) is 0 Å². The van der Waals surface area contributed by atoms with E-state index in [0.29, 0.717) is 16.3 Å². The van der Waals surface area contributed by atoms with Crippen LogP contribution in [0.3, 0.4) is 0 Å². The molecule has 0 aliphatic rings. The maximum absolute atomic E-state index is 12.9. The van der Waals surface area contributed by atoms with E-state index in [1.807, 2.05) is 60.7 Å². The van der Waals surface area contributed by atoms with Crippen LogP contribution in [0.2, 0.25) is 5.02 Å². The van der Waals surface area contributed by atoms with Crippen LogP contribution in [0.5, 0.6) is 5.75 Å². The number of hydrogen-bond donors (Lipinski definition) is 1. The number of rotatable bonds is 5. The number of ether oxygens (including phenoxy) is 1. The van der Waals surface area contributed by atoms with Crippen LogP contribution in [-0.4, -0.2) is 13.0 Å². The molecule has 0 atom stereocenters. The van der Waals surface area contributed by atoms with Crippen molar-refractivity contribution in [2.45, 2.75) is 0 Å². The van der Waals surface area contributed by atoms with Gasteiger partial charge in [-0.3, -0.25) is 4.79 Å². The molecule has 1 N–H and O–H groups in total. The largest absolute Gasteiger partial charge is 0.497 e. The van der Waals surface area contributed by atoms with Gasteiger partial charge in [0.25, 0.3) is 5.91 Å². The van der Waals surface area contributed by atoms with Crippen molar-refractivity contribution in [1.29, 1.82) is 0 Å².